The lowest BCUT2D eigenvalue weighted by molar-refractivity contribution is -0.362. The van der Waals surface area contributed by atoms with Crippen LogP contribution in [0, 0.1) is 34.0 Å². The highest BCUT2D eigenvalue weighted by Gasteiger charge is 2.92. The highest BCUT2D eigenvalue weighted by atomic mass is 16.6. The van der Waals surface area contributed by atoms with Crippen molar-refractivity contribution in [3.63, 3.8) is 0 Å². The first-order chi connectivity index (χ1) is 7.39. The van der Waals surface area contributed by atoms with Crippen LogP contribution in [-0.2, 0) is 14.3 Å². The number of hydrogen-bond acceptors (Lipinski definition) is 3. The van der Waals surface area contributed by atoms with Gasteiger partial charge in [0.15, 0.2) is 0 Å². The van der Waals surface area contributed by atoms with Gasteiger partial charge >= 0.3 is 11.9 Å². The molecule has 16 heavy (non-hydrogen) atoms. The molecular formula is C13H16O3. The van der Waals surface area contributed by atoms with Crippen molar-refractivity contribution in [3.05, 3.63) is 0 Å². The third-order valence-electron chi connectivity index (χ3n) is 7.00. The zero-order valence-electron chi connectivity index (χ0n) is 9.87. The van der Waals surface area contributed by atoms with Gasteiger partial charge in [0.1, 0.15) is 0 Å². The Bertz CT molecular complexity index is 456. The molecule has 0 amide bonds. The SMILES string of the molecule is CC12CCC3C4C(=O)OC(=O)C1C4(C)C32C. The second-order valence-electron chi connectivity index (χ2n) is 6.70. The van der Waals surface area contributed by atoms with E-state index in [1.807, 2.05) is 0 Å². The molecule has 0 N–H and O–H groups in total. The number of cyclic esters (lactones) is 2. The van der Waals surface area contributed by atoms with Crippen LogP contribution in [-0.4, -0.2) is 11.9 Å². The van der Waals surface area contributed by atoms with Crippen molar-refractivity contribution < 1.29 is 14.3 Å². The van der Waals surface area contributed by atoms with Gasteiger partial charge in [0.25, 0.3) is 0 Å². The molecule has 3 saturated carbocycles. The fourth-order valence-electron chi connectivity index (χ4n) is 6.23. The summed E-state index contributed by atoms with van der Waals surface area (Å²) in [5, 5.41) is 0. The minimum atomic E-state index is -0.260. The fraction of sp³-hybridized carbons (Fsp3) is 0.846. The Morgan fingerprint density at radius 3 is 2.56 bits per heavy atom. The highest BCUT2D eigenvalue weighted by Crippen LogP contribution is 2.91. The average Bonchev–Trinajstić information content (AvgIpc) is 2.34. The molecule has 0 spiro atoms. The molecule has 3 aliphatic carbocycles. The molecule has 4 fully saturated rings. The number of carbonyl (C=O) groups is 2. The maximum absolute atomic E-state index is 11.9. The van der Waals surface area contributed by atoms with Crippen LogP contribution in [0.1, 0.15) is 33.6 Å². The monoisotopic (exact) mass is 220 g/mol. The summed E-state index contributed by atoms with van der Waals surface area (Å²) in [7, 11) is 0. The molecule has 4 aliphatic rings. The van der Waals surface area contributed by atoms with E-state index in [9.17, 15) is 9.59 Å². The third kappa shape index (κ3) is 0.486. The first kappa shape index (κ1) is 9.20. The first-order valence-corrected chi connectivity index (χ1v) is 6.14. The van der Waals surface area contributed by atoms with Crippen molar-refractivity contribution >= 4 is 11.9 Å². The zero-order chi connectivity index (χ0) is 11.5. The normalized spacial score (nSPS) is 65.6. The van der Waals surface area contributed by atoms with E-state index in [1.54, 1.807) is 0 Å². The number of carbonyl (C=O) groups excluding carboxylic acids is 2. The van der Waals surface area contributed by atoms with Crippen molar-refractivity contribution in [1.29, 1.82) is 0 Å². The molecule has 0 aromatic carbocycles. The largest absolute Gasteiger partial charge is 0.393 e. The lowest BCUT2D eigenvalue weighted by Gasteiger charge is -2.82. The second kappa shape index (κ2) is 1.98. The number of fused-ring (bicyclic) bond motifs is 2. The summed E-state index contributed by atoms with van der Waals surface area (Å²) >= 11 is 0. The lowest BCUT2D eigenvalue weighted by Crippen LogP contribution is -2.84. The fourth-order valence-corrected chi connectivity index (χ4v) is 6.23. The highest BCUT2D eigenvalue weighted by molar-refractivity contribution is 5.96. The van der Waals surface area contributed by atoms with E-state index in [0.29, 0.717) is 5.92 Å². The van der Waals surface area contributed by atoms with Gasteiger partial charge in [-0.05, 0) is 29.6 Å². The minimum absolute atomic E-state index is 0.00391. The molecule has 0 radical (unpaired) electrons. The molecule has 3 heteroatoms. The Kier molecular flexibility index (Phi) is 1.14. The summed E-state index contributed by atoms with van der Waals surface area (Å²) in [4.78, 5) is 23.8. The summed E-state index contributed by atoms with van der Waals surface area (Å²) < 4.78 is 4.95. The van der Waals surface area contributed by atoms with Crippen LogP contribution in [0.4, 0.5) is 0 Å². The molecule has 6 unspecified atom stereocenters. The Balaban J connectivity index is 1.96. The molecule has 1 heterocycles. The van der Waals surface area contributed by atoms with E-state index in [0.717, 1.165) is 12.8 Å². The Hall–Kier alpha value is -0.860. The molecular weight excluding hydrogens is 204 g/mol. The molecule has 1 saturated heterocycles. The molecule has 3 nitrogen and oxygen atoms in total. The molecule has 0 bridgehead atoms. The second-order valence-corrected chi connectivity index (χ2v) is 6.70. The van der Waals surface area contributed by atoms with Gasteiger partial charge in [-0.15, -0.1) is 0 Å². The number of ether oxygens (including phenoxy) is 1. The van der Waals surface area contributed by atoms with E-state index in [-0.39, 0.29) is 40.0 Å². The van der Waals surface area contributed by atoms with Crippen LogP contribution in [0.5, 0.6) is 0 Å². The molecule has 6 atom stereocenters. The summed E-state index contributed by atoms with van der Waals surface area (Å²) in [5.74, 6) is -0.0965. The Morgan fingerprint density at radius 2 is 1.88 bits per heavy atom. The molecule has 0 aromatic rings. The van der Waals surface area contributed by atoms with Crippen LogP contribution in [0.25, 0.3) is 0 Å². The van der Waals surface area contributed by atoms with Gasteiger partial charge in [0, 0.05) is 5.41 Å². The van der Waals surface area contributed by atoms with Crippen LogP contribution in [0.3, 0.4) is 0 Å². The number of esters is 2. The smallest absolute Gasteiger partial charge is 0.317 e. The van der Waals surface area contributed by atoms with E-state index in [2.05, 4.69) is 20.8 Å². The summed E-state index contributed by atoms with van der Waals surface area (Å²) in [6.07, 6.45) is 2.17. The van der Waals surface area contributed by atoms with Gasteiger partial charge < -0.3 is 4.74 Å². The predicted octanol–water partition coefficient (Wildman–Crippen LogP) is 1.76. The van der Waals surface area contributed by atoms with Crippen molar-refractivity contribution in [2.75, 3.05) is 0 Å². The molecule has 0 aromatic heterocycles. The number of rotatable bonds is 0. The summed E-state index contributed by atoms with van der Waals surface area (Å²) in [6.45, 7) is 6.63. The zero-order valence-corrected chi connectivity index (χ0v) is 9.87. The molecule has 1 aliphatic heterocycles. The van der Waals surface area contributed by atoms with E-state index in [4.69, 9.17) is 4.74 Å². The van der Waals surface area contributed by atoms with Crippen molar-refractivity contribution in [2.45, 2.75) is 33.6 Å². The average molecular weight is 220 g/mol. The van der Waals surface area contributed by atoms with Crippen molar-refractivity contribution in [1.82, 2.24) is 0 Å². The summed E-state index contributed by atoms with van der Waals surface area (Å²) in [5.41, 5.74) is 0.181. The third-order valence-corrected chi connectivity index (χ3v) is 7.00. The minimum Gasteiger partial charge on any atom is -0.393 e. The van der Waals surface area contributed by atoms with Gasteiger partial charge in [-0.2, -0.15) is 0 Å². The van der Waals surface area contributed by atoms with Crippen LogP contribution >= 0.6 is 0 Å². The Morgan fingerprint density at radius 1 is 1.19 bits per heavy atom. The van der Waals surface area contributed by atoms with Crippen LogP contribution in [0.2, 0.25) is 0 Å². The quantitative estimate of drug-likeness (QED) is 0.461. The summed E-state index contributed by atoms with van der Waals surface area (Å²) in [6, 6.07) is 0. The van der Waals surface area contributed by atoms with Gasteiger partial charge in [0.05, 0.1) is 11.8 Å². The maximum Gasteiger partial charge on any atom is 0.317 e. The first-order valence-electron chi connectivity index (χ1n) is 6.14. The standard InChI is InChI=1S/C13H16O3/c1-11-5-4-6-7-9(14)16-10(15)8(11)12(7,2)13(6,11)3/h6-8H,4-5H2,1-3H3. The van der Waals surface area contributed by atoms with Crippen molar-refractivity contribution in [2.24, 2.45) is 34.0 Å². The topological polar surface area (TPSA) is 43.4 Å². The molecule has 86 valence electrons. The van der Waals surface area contributed by atoms with Crippen LogP contribution in [0.15, 0.2) is 0 Å². The maximum atomic E-state index is 11.9. The van der Waals surface area contributed by atoms with E-state index < -0.39 is 0 Å². The predicted molar refractivity (Wildman–Crippen MR) is 55.1 cm³/mol. The van der Waals surface area contributed by atoms with Gasteiger partial charge in [-0.3, -0.25) is 9.59 Å². The van der Waals surface area contributed by atoms with Crippen LogP contribution < -0.4 is 0 Å². The van der Waals surface area contributed by atoms with Crippen molar-refractivity contribution in [3.8, 4) is 0 Å². The van der Waals surface area contributed by atoms with Gasteiger partial charge in [-0.1, -0.05) is 20.8 Å². The van der Waals surface area contributed by atoms with Gasteiger partial charge in [-0.25, -0.2) is 0 Å². The lowest BCUT2D eigenvalue weighted by atomic mass is 9.20. The van der Waals surface area contributed by atoms with E-state index >= 15 is 0 Å². The number of hydrogen-bond donors (Lipinski definition) is 0. The molecule has 4 rings (SSSR count). The van der Waals surface area contributed by atoms with Gasteiger partial charge in [0.2, 0.25) is 0 Å². The van der Waals surface area contributed by atoms with E-state index in [1.165, 1.54) is 0 Å². The Labute approximate surface area is 94.5 Å².